The van der Waals surface area contributed by atoms with Crippen LogP contribution in [0.1, 0.15) is 81.6 Å². The number of nitrogens with zero attached hydrogens (tertiary/aromatic N) is 1. The van der Waals surface area contributed by atoms with Crippen LogP contribution < -0.4 is 10.6 Å². The van der Waals surface area contributed by atoms with E-state index in [-0.39, 0.29) is 17.4 Å². The van der Waals surface area contributed by atoms with E-state index in [4.69, 9.17) is 0 Å². The summed E-state index contributed by atoms with van der Waals surface area (Å²) in [5.41, 5.74) is 1.82. The van der Waals surface area contributed by atoms with Crippen LogP contribution in [0.3, 0.4) is 0 Å². The Labute approximate surface area is 175 Å². The molecule has 2 aliphatic rings. The van der Waals surface area contributed by atoms with Gasteiger partial charge in [0.1, 0.15) is 0 Å². The van der Waals surface area contributed by atoms with Crippen molar-refractivity contribution in [3.05, 3.63) is 29.3 Å². The molecule has 3 rings (SSSR count). The number of rotatable bonds is 5. The summed E-state index contributed by atoms with van der Waals surface area (Å²) < 4.78 is 0. The minimum absolute atomic E-state index is 0.0438. The second-order valence-electron chi connectivity index (χ2n) is 9.84. The summed E-state index contributed by atoms with van der Waals surface area (Å²) in [7, 11) is 0. The molecular formula is C24H37N3O2. The van der Waals surface area contributed by atoms with Crippen LogP contribution in [0.15, 0.2) is 18.2 Å². The molecule has 0 radical (unpaired) electrons. The van der Waals surface area contributed by atoms with Gasteiger partial charge in [0, 0.05) is 28.7 Å². The van der Waals surface area contributed by atoms with Crippen LogP contribution in [0.25, 0.3) is 0 Å². The second kappa shape index (κ2) is 8.86. The molecule has 5 heteroatoms. The topological polar surface area (TPSA) is 61.4 Å². The Hall–Kier alpha value is -1.88. The van der Waals surface area contributed by atoms with E-state index in [1.54, 1.807) is 0 Å². The fourth-order valence-electron chi connectivity index (χ4n) is 4.67. The van der Waals surface area contributed by atoms with Gasteiger partial charge in [-0.2, -0.15) is 0 Å². The van der Waals surface area contributed by atoms with Crippen molar-refractivity contribution in [1.82, 2.24) is 10.2 Å². The highest BCUT2D eigenvalue weighted by atomic mass is 16.2. The van der Waals surface area contributed by atoms with Crippen molar-refractivity contribution in [2.75, 3.05) is 25.0 Å². The summed E-state index contributed by atoms with van der Waals surface area (Å²) >= 11 is 0. The van der Waals surface area contributed by atoms with E-state index in [1.165, 1.54) is 44.9 Å². The maximum atomic E-state index is 13.0. The van der Waals surface area contributed by atoms with E-state index in [1.807, 2.05) is 45.9 Å². The van der Waals surface area contributed by atoms with Crippen molar-refractivity contribution >= 4 is 17.5 Å². The first-order chi connectivity index (χ1) is 13.7. The number of benzene rings is 1. The molecule has 2 fully saturated rings. The molecule has 1 saturated heterocycles. The van der Waals surface area contributed by atoms with Gasteiger partial charge in [0.15, 0.2) is 0 Å². The van der Waals surface area contributed by atoms with Crippen molar-refractivity contribution in [2.45, 2.75) is 78.2 Å². The van der Waals surface area contributed by atoms with E-state index >= 15 is 0 Å². The summed E-state index contributed by atoms with van der Waals surface area (Å²) in [5, 5.41) is 6.21. The Morgan fingerprint density at radius 1 is 1.03 bits per heavy atom. The molecule has 0 spiro atoms. The van der Waals surface area contributed by atoms with Crippen LogP contribution in [0.2, 0.25) is 0 Å². The number of likely N-dealkylation sites (tertiary alicyclic amines) is 1. The Bertz CT molecular complexity index is 739. The molecule has 1 aliphatic carbocycles. The third kappa shape index (κ3) is 5.00. The smallest absolute Gasteiger partial charge is 0.251 e. The van der Waals surface area contributed by atoms with Gasteiger partial charge in [-0.15, -0.1) is 0 Å². The zero-order valence-electron chi connectivity index (χ0n) is 18.6. The lowest BCUT2D eigenvalue weighted by atomic mass is 9.92. The van der Waals surface area contributed by atoms with E-state index in [9.17, 15) is 9.59 Å². The molecule has 1 aromatic carbocycles. The van der Waals surface area contributed by atoms with Crippen LogP contribution in [-0.4, -0.2) is 41.9 Å². The number of hydrogen-bond acceptors (Lipinski definition) is 3. The lowest BCUT2D eigenvalue weighted by molar-refractivity contribution is -0.123. The van der Waals surface area contributed by atoms with Gasteiger partial charge >= 0.3 is 0 Å². The number of amides is 2. The summed E-state index contributed by atoms with van der Waals surface area (Å²) in [5.74, 6) is -0.0918. The van der Waals surface area contributed by atoms with Gasteiger partial charge < -0.3 is 10.6 Å². The van der Waals surface area contributed by atoms with Gasteiger partial charge in [0.05, 0.1) is 0 Å². The SMILES string of the molecule is Cc1c(NC(=O)C(C)(C)C)cccc1C(=O)NCC1(N2CCCCC2)CCCC1. The second-order valence-corrected chi connectivity index (χ2v) is 9.84. The molecule has 0 atom stereocenters. The van der Waals surface area contributed by atoms with E-state index < -0.39 is 5.41 Å². The Morgan fingerprint density at radius 3 is 2.31 bits per heavy atom. The molecule has 1 aliphatic heterocycles. The van der Waals surface area contributed by atoms with Crippen molar-refractivity contribution in [3.63, 3.8) is 0 Å². The molecular weight excluding hydrogens is 362 g/mol. The average molecular weight is 400 g/mol. The highest BCUT2D eigenvalue weighted by molar-refractivity contribution is 6.00. The van der Waals surface area contributed by atoms with E-state index in [2.05, 4.69) is 15.5 Å². The molecule has 5 nitrogen and oxygen atoms in total. The van der Waals surface area contributed by atoms with E-state index in [0.29, 0.717) is 17.8 Å². The third-order valence-electron chi connectivity index (χ3n) is 6.65. The zero-order chi connectivity index (χ0) is 21.1. The Kier molecular flexibility index (Phi) is 6.67. The van der Waals surface area contributed by atoms with Crippen molar-refractivity contribution in [1.29, 1.82) is 0 Å². The number of hydrogen-bond donors (Lipinski definition) is 2. The van der Waals surface area contributed by atoms with Crippen LogP contribution >= 0.6 is 0 Å². The number of nitrogens with one attached hydrogen (secondary N) is 2. The van der Waals surface area contributed by atoms with Crippen LogP contribution in [0, 0.1) is 12.3 Å². The fraction of sp³-hybridized carbons (Fsp3) is 0.667. The molecule has 0 unspecified atom stereocenters. The Morgan fingerprint density at radius 2 is 1.69 bits per heavy atom. The molecule has 2 amide bonds. The largest absolute Gasteiger partial charge is 0.350 e. The lowest BCUT2D eigenvalue weighted by Gasteiger charge is -2.43. The molecule has 0 bridgehead atoms. The highest BCUT2D eigenvalue weighted by Gasteiger charge is 2.40. The maximum absolute atomic E-state index is 13.0. The summed E-state index contributed by atoms with van der Waals surface area (Å²) in [6.45, 7) is 10.6. The minimum Gasteiger partial charge on any atom is -0.350 e. The van der Waals surface area contributed by atoms with Crippen molar-refractivity contribution in [2.24, 2.45) is 5.41 Å². The quantitative estimate of drug-likeness (QED) is 0.766. The van der Waals surface area contributed by atoms with Gasteiger partial charge in [-0.05, 0) is 63.4 Å². The molecule has 2 N–H and O–H groups in total. The van der Waals surface area contributed by atoms with Gasteiger partial charge in [-0.25, -0.2) is 0 Å². The molecule has 160 valence electrons. The van der Waals surface area contributed by atoms with Gasteiger partial charge in [0.2, 0.25) is 5.91 Å². The van der Waals surface area contributed by atoms with Crippen LogP contribution in [-0.2, 0) is 4.79 Å². The van der Waals surface area contributed by atoms with Crippen LogP contribution in [0.5, 0.6) is 0 Å². The van der Waals surface area contributed by atoms with Crippen molar-refractivity contribution in [3.8, 4) is 0 Å². The first-order valence-corrected chi connectivity index (χ1v) is 11.2. The number of carbonyl (C=O) groups excluding carboxylic acids is 2. The first-order valence-electron chi connectivity index (χ1n) is 11.2. The first kappa shape index (κ1) is 21.8. The zero-order valence-corrected chi connectivity index (χ0v) is 18.6. The third-order valence-corrected chi connectivity index (χ3v) is 6.65. The number of anilines is 1. The fourth-order valence-corrected chi connectivity index (χ4v) is 4.67. The standard InChI is InChI=1S/C24H37N3O2/c1-18-19(11-10-12-20(18)26-22(29)23(2,3)4)21(28)25-17-24(13-6-7-14-24)27-15-8-5-9-16-27/h10-12H,5-9,13-17H2,1-4H3,(H,25,28)(H,26,29). The predicted molar refractivity (Wildman–Crippen MR) is 118 cm³/mol. The highest BCUT2D eigenvalue weighted by Crippen LogP contribution is 2.36. The van der Waals surface area contributed by atoms with Crippen LogP contribution in [0.4, 0.5) is 5.69 Å². The van der Waals surface area contributed by atoms with Gasteiger partial charge in [-0.1, -0.05) is 46.1 Å². The number of piperidine rings is 1. The van der Waals surface area contributed by atoms with E-state index in [0.717, 1.165) is 18.7 Å². The number of carbonyl (C=O) groups is 2. The van der Waals surface area contributed by atoms with Gasteiger partial charge in [0.25, 0.3) is 5.91 Å². The summed E-state index contributed by atoms with van der Waals surface area (Å²) in [6, 6.07) is 5.55. The molecule has 1 heterocycles. The summed E-state index contributed by atoms with van der Waals surface area (Å²) in [6.07, 6.45) is 8.71. The predicted octanol–water partition coefficient (Wildman–Crippen LogP) is 4.51. The summed E-state index contributed by atoms with van der Waals surface area (Å²) in [4.78, 5) is 28.0. The van der Waals surface area contributed by atoms with Crippen molar-refractivity contribution < 1.29 is 9.59 Å². The maximum Gasteiger partial charge on any atom is 0.251 e. The Balaban J connectivity index is 1.70. The monoisotopic (exact) mass is 399 g/mol. The molecule has 29 heavy (non-hydrogen) atoms. The molecule has 0 aromatic heterocycles. The van der Waals surface area contributed by atoms with Gasteiger partial charge in [-0.3, -0.25) is 14.5 Å². The normalized spacial score (nSPS) is 19.7. The molecule has 1 aromatic rings. The molecule has 1 saturated carbocycles. The lowest BCUT2D eigenvalue weighted by Crippen LogP contribution is -2.55. The average Bonchev–Trinajstić information content (AvgIpc) is 3.18. The minimum atomic E-state index is -0.478.